The van der Waals surface area contributed by atoms with Crippen LogP contribution in [0.25, 0.3) is 0 Å². The molecule has 0 aromatic carbocycles. The molecule has 1 saturated heterocycles. The molecule has 1 saturated carbocycles. The summed E-state index contributed by atoms with van der Waals surface area (Å²) in [6.45, 7) is -0.567. The van der Waals surface area contributed by atoms with Crippen LogP contribution in [0.3, 0.4) is 0 Å². The van der Waals surface area contributed by atoms with Gasteiger partial charge in [-0.2, -0.15) is 0 Å². The summed E-state index contributed by atoms with van der Waals surface area (Å²) in [6.07, 6.45) is 5.74. The smallest absolute Gasteiger partial charge is 0.387 e. The van der Waals surface area contributed by atoms with Gasteiger partial charge in [0.05, 0.1) is 24.2 Å². The van der Waals surface area contributed by atoms with Crippen LogP contribution >= 0.6 is 7.82 Å². The number of aliphatic hydroxyl groups is 2. The first-order chi connectivity index (χ1) is 15.2. The summed E-state index contributed by atoms with van der Waals surface area (Å²) in [4.78, 5) is 32.8. The molecule has 0 bridgehead atoms. The minimum absolute atomic E-state index is 0.269. The molecule has 0 radical (unpaired) electrons. The van der Waals surface area contributed by atoms with Gasteiger partial charge in [-0.1, -0.05) is 38.5 Å². The first-order valence-corrected chi connectivity index (χ1v) is 12.4. The predicted molar refractivity (Wildman–Crippen MR) is 114 cm³/mol. The van der Waals surface area contributed by atoms with Crippen LogP contribution in [0, 0.1) is 0 Å². The van der Waals surface area contributed by atoms with Crippen molar-refractivity contribution in [3.05, 3.63) is 12.0 Å². The molecule has 6 N–H and O–H groups in total. The number of hydrogen-bond acceptors (Lipinski definition) is 10. The molecule has 4 unspecified atom stereocenters. The molecule has 3 heterocycles. The van der Waals surface area contributed by atoms with Gasteiger partial charge in [-0.25, -0.2) is 19.5 Å². The molecule has 1 aliphatic carbocycles. The van der Waals surface area contributed by atoms with E-state index in [1.807, 2.05) is 0 Å². The Labute approximate surface area is 185 Å². The maximum Gasteiger partial charge on any atom is 0.469 e. The number of hydrogen-bond donors (Lipinski definition) is 5. The number of ether oxygens (including phenoxy) is 1. The van der Waals surface area contributed by atoms with Gasteiger partial charge in [0.15, 0.2) is 12.0 Å². The van der Waals surface area contributed by atoms with Crippen LogP contribution in [-0.4, -0.2) is 72.4 Å². The Morgan fingerprint density at radius 2 is 1.78 bits per heavy atom. The summed E-state index contributed by atoms with van der Waals surface area (Å²) in [7, 11) is -4.76. The van der Waals surface area contributed by atoms with E-state index in [-0.39, 0.29) is 5.82 Å². The van der Waals surface area contributed by atoms with Gasteiger partial charge in [-0.05, 0) is 12.8 Å². The Morgan fingerprint density at radius 3 is 2.44 bits per heavy atom. The number of aliphatic hydroxyl groups excluding tert-OH is 2. The Bertz CT molecular complexity index is 887. The molecule has 32 heavy (non-hydrogen) atoms. The SMILES string of the molecule is Nc1ncnc2c1N=CN(C1OC(COP(=O)(O)O)C(O)C1O)C21CCCCCCCC1. The van der Waals surface area contributed by atoms with Crippen LogP contribution in [0.5, 0.6) is 0 Å². The fourth-order valence-electron chi connectivity index (χ4n) is 4.95. The number of rotatable bonds is 4. The van der Waals surface area contributed by atoms with E-state index in [1.165, 1.54) is 6.33 Å². The van der Waals surface area contributed by atoms with Crippen molar-refractivity contribution in [1.29, 1.82) is 0 Å². The molecular formula is C19H30N5O7P. The Morgan fingerprint density at radius 1 is 1.12 bits per heavy atom. The second-order valence-corrected chi connectivity index (χ2v) is 9.83. The van der Waals surface area contributed by atoms with E-state index in [0.29, 0.717) is 11.4 Å². The van der Waals surface area contributed by atoms with Crippen molar-refractivity contribution in [3.8, 4) is 0 Å². The van der Waals surface area contributed by atoms with Crippen molar-refractivity contribution >= 4 is 25.7 Å². The van der Waals surface area contributed by atoms with Crippen molar-refractivity contribution in [2.45, 2.75) is 81.4 Å². The Hall–Kier alpha value is -1.66. The lowest BCUT2D eigenvalue weighted by atomic mass is 9.80. The number of nitrogens with two attached hydrogens (primary N) is 1. The van der Waals surface area contributed by atoms with E-state index in [4.69, 9.17) is 20.3 Å². The van der Waals surface area contributed by atoms with Crippen LogP contribution in [0.1, 0.15) is 57.1 Å². The van der Waals surface area contributed by atoms with Crippen molar-refractivity contribution in [2.24, 2.45) is 4.99 Å². The average molecular weight is 471 g/mol. The molecule has 2 aliphatic heterocycles. The fraction of sp³-hybridized carbons (Fsp3) is 0.737. The van der Waals surface area contributed by atoms with Gasteiger partial charge in [-0.15, -0.1) is 0 Å². The van der Waals surface area contributed by atoms with Gasteiger partial charge >= 0.3 is 7.82 Å². The number of aliphatic imine (C=N–C) groups is 1. The minimum Gasteiger partial charge on any atom is -0.387 e. The van der Waals surface area contributed by atoms with Crippen LogP contribution < -0.4 is 5.73 Å². The zero-order chi connectivity index (χ0) is 22.9. The maximum absolute atomic E-state index is 11.1. The van der Waals surface area contributed by atoms with Gasteiger partial charge in [-0.3, -0.25) is 4.52 Å². The Kier molecular flexibility index (Phi) is 6.83. The molecule has 3 aliphatic rings. The molecule has 4 atom stereocenters. The van der Waals surface area contributed by atoms with E-state index in [1.54, 1.807) is 11.2 Å². The predicted octanol–water partition coefficient (Wildman–Crippen LogP) is 0.920. The van der Waals surface area contributed by atoms with Crippen molar-refractivity contribution in [2.75, 3.05) is 12.3 Å². The van der Waals surface area contributed by atoms with Crippen LogP contribution in [-0.2, 0) is 19.4 Å². The van der Waals surface area contributed by atoms with Crippen LogP contribution in [0.2, 0.25) is 0 Å². The first kappa shape index (κ1) is 23.5. The molecule has 12 nitrogen and oxygen atoms in total. The van der Waals surface area contributed by atoms with Crippen LogP contribution in [0.4, 0.5) is 11.5 Å². The largest absolute Gasteiger partial charge is 0.469 e. The van der Waals surface area contributed by atoms with Gasteiger partial charge in [0.2, 0.25) is 0 Å². The summed E-state index contributed by atoms with van der Waals surface area (Å²) in [6, 6.07) is 0. The van der Waals surface area contributed by atoms with E-state index >= 15 is 0 Å². The highest BCUT2D eigenvalue weighted by molar-refractivity contribution is 7.46. The molecule has 1 aromatic heterocycles. The highest BCUT2D eigenvalue weighted by atomic mass is 31.2. The van der Waals surface area contributed by atoms with E-state index in [2.05, 4.69) is 19.5 Å². The second kappa shape index (κ2) is 9.30. The lowest BCUT2D eigenvalue weighted by Crippen LogP contribution is -2.56. The van der Waals surface area contributed by atoms with Crippen molar-refractivity contribution in [1.82, 2.24) is 14.9 Å². The molecule has 2 fully saturated rings. The van der Waals surface area contributed by atoms with E-state index in [0.717, 1.165) is 51.4 Å². The fourth-order valence-corrected chi connectivity index (χ4v) is 5.29. The van der Waals surface area contributed by atoms with Gasteiger partial charge in [0, 0.05) is 0 Å². The molecule has 178 valence electrons. The summed E-state index contributed by atoms with van der Waals surface area (Å²) >= 11 is 0. The lowest BCUT2D eigenvalue weighted by molar-refractivity contribution is -0.109. The second-order valence-electron chi connectivity index (χ2n) is 8.59. The van der Waals surface area contributed by atoms with E-state index < -0.39 is 44.5 Å². The number of fused-ring (bicyclic) bond motifs is 2. The van der Waals surface area contributed by atoms with Gasteiger partial charge in [0.1, 0.15) is 30.3 Å². The lowest BCUT2D eigenvalue weighted by Gasteiger charge is -2.48. The number of anilines is 1. The molecule has 4 rings (SSSR count). The number of phosphoric ester groups is 1. The third-order valence-electron chi connectivity index (χ3n) is 6.55. The topological polar surface area (TPSA) is 184 Å². The summed E-state index contributed by atoms with van der Waals surface area (Å²) in [5, 5.41) is 21.3. The normalized spacial score (nSPS) is 30.6. The highest BCUT2D eigenvalue weighted by Crippen LogP contribution is 2.48. The third kappa shape index (κ3) is 4.54. The van der Waals surface area contributed by atoms with Gasteiger partial charge < -0.3 is 35.4 Å². The molecular weight excluding hydrogens is 441 g/mol. The highest BCUT2D eigenvalue weighted by Gasteiger charge is 2.53. The minimum atomic E-state index is -4.76. The summed E-state index contributed by atoms with van der Waals surface area (Å²) in [5.74, 6) is 0.269. The van der Waals surface area contributed by atoms with E-state index in [9.17, 15) is 14.8 Å². The molecule has 13 heteroatoms. The molecule has 0 amide bonds. The third-order valence-corrected chi connectivity index (χ3v) is 7.03. The first-order valence-electron chi connectivity index (χ1n) is 10.9. The van der Waals surface area contributed by atoms with Crippen LogP contribution in [0.15, 0.2) is 11.3 Å². The average Bonchev–Trinajstić information content (AvgIpc) is 3.08. The standard InChI is InChI=1S/C19H30N5O7P/c20-17-13-16(21-10-22-17)19(7-5-3-1-2-4-6-8-19)24(11-23-13)18-15(26)14(25)12(31-18)9-30-32(27,28)29/h10-12,14-15,18,25-26H,1-9H2,(H2,20,21,22)(H2,27,28,29). The zero-order valence-electron chi connectivity index (χ0n) is 17.7. The zero-order valence-corrected chi connectivity index (χ0v) is 18.5. The van der Waals surface area contributed by atoms with Gasteiger partial charge in [0.25, 0.3) is 0 Å². The monoisotopic (exact) mass is 471 g/mol. The summed E-state index contributed by atoms with van der Waals surface area (Å²) in [5.41, 5.74) is 6.57. The number of nitrogen functional groups attached to an aromatic ring is 1. The maximum atomic E-state index is 11.1. The Balaban J connectivity index is 1.69. The summed E-state index contributed by atoms with van der Waals surface area (Å²) < 4.78 is 21.5. The number of phosphoric acid groups is 1. The van der Waals surface area contributed by atoms with Crippen molar-refractivity contribution < 1.29 is 33.8 Å². The number of aromatic nitrogens is 2. The quantitative estimate of drug-likeness (QED) is 0.393. The number of nitrogens with zero attached hydrogens (tertiary/aromatic N) is 4. The molecule has 1 aromatic rings. The molecule has 1 spiro atoms. The van der Waals surface area contributed by atoms with Crippen molar-refractivity contribution in [3.63, 3.8) is 0 Å².